The van der Waals surface area contributed by atoms with Crippen LogP contribution >= 0.6 is 11.8 Å². The van der Waals surface area contributed by atoms with Crippen LogP contribution in [0.25, 0.3) is 0 Å². The number of hydrogen-bond acceptors (Lipinski definition) is 6. The molecule has 2 rings (SSSR count). The lowest BCUT2D eigenvalue weighted by molar-refractivity contribution is 0.359. The highest BCUT2D eigenvalue weighted by atomic mass is 32.2. The van der Waals surface area contributed by atoms with Crippen LogP contribution in [0, 0.1) is 17.2 Å². The van der Waals surface area contributed by atoms with E-state index < -0.39 is 0 Å². The first-order valence-corrected chi connectivity index (χ1v) is 8.06. The Balaban J connectivity index is 1.97. The standard InChI is InChI=1S/C13H22N6S/c1-18(2)8-9-19-13(15-16-17-19)20-12(10-14)11-6-4-3-5-7-11/h11-12H,3-9H2,1-2H3/t12-/m1/s1. The molecule has 0 N–H and O–H groups in total. The Kier molecular flexibility index (Phi) is 5.80. The zero-order valence-corrected chi connectivity index (χ0v) is 13.0. The predicted molar refractivity (Wildman–Crippen MR) is 78.2 cm³/mol. The molecule has 0 aliphatic heterocycles. The summed E-state index contributed by atoms with van der Waals surface area (Å²) in [5.74, 6) is 0.484. The van der Waals surface area contributed by atoms with Gasteiger partial charge in [-0.15, -0.1) is 5.10 Å². The van der Waals surface area contributed by atoms with Crippen molar-refractivity contribution in [2.24, 2.45) is 5.92 Å². The number of tetrazole rings is 1. The van der Waals surface area contributed by atoms with Crippen LogP contribution in [0.1, 0.15) is 32.1 Å². The molecule has 0 unspecified atom stereocenters. The molecule has 1 aromatic rings. The summed E-state index contributed by atoms with van der Waals surface area (Å²) >= 11 is 1.53. The molecule has 1 aromatic heterocycles. The van der Waals surface area contributed by atoms with Crippen molar-refractivity contribution in [3.8, 4) is 6.07 Å². The van der Waals surface area contributed by atoms with Crippen LogP contribution in [0.3, 0.4) is 0 Å². The van der Waals surface area contributed by atoms with Gasteiger partial charge < -0.3 is 4.90 Å². The highest BCUT2D eigenvalue weighted by Crippen LogP contribution is 2.34. The minimum absolute atomic E-state index is 0.0283. The Morgan fingerprint density at radius 3 is 2.80 bits per heavy atom. The third-order valence-electron chi connectivity index (χ3n) is 3.70. The smallest absolute Gasteiger partial charge is 0.210 e. The topological polar surface area (TPSA) is 70.6 Å². The molecule has 1 aliphatic carbocycles. The van der Waals surface area contributed by atoms with Gasteiger partial charge in [0, 0.05) is 6.54 Å². The van der Waals surface area contributed by atoms with Gasteiger partial charge in [0.05, 0.1) is 12.6 Å². The van der Waals surface area contributed by atoms with Crippen LogP contribution in [0.15, 0.2) is 5.16 Å². The SMILES string of the molecule is CN(C)CCn1nnnc1S[C@H](C#N)C1CCCCC1. The summed E-state index contributed by atoms with van der Waals surface area (Å²) in [7, 11) is 4.05. The molecule has 0 spiro atoms. The van der Waals surface area contributed by atoms with Crippen molar-refractivity contribution in [2.75, 3.05) is 20.6 Å². The van der Waals surface area contributed by atoms with Gasteiger partial charge in [0.1, 0.15) is 5.25 Å². The number of aromatic nitrogens is 4. The molecule has 0 bridgehead atoms. The van der Waals surface area contributed by atoms with Crippen molar-refractivity contribution in [2.45, 2.75) is 49.1 Å². The summed E-state index contributed by atoms with van der Waals surface area (Å²) in [6, 6.07) is 2.45. The van der Waals surface area contributed by atoms with Gasteiger partial charge in [-0.05, 0) is 43.3 Å². The molecule has 6 nitrogen and oxygen atoms in total. The fraction of sp³-hybridized carbons (Fsp3) is 0.846. The van der Waals surface area contributed by atoms with Crippen LogP contribution in [0.5, 0.6) is 0 Å². The van der Waals surface area contributed by atoms with Crippen molar-refractivity contribution in [1.29, 1.82) is 5.26 Å². The zero-order chi connectivity index (χ0) is 14.4. The summed E-state index contributed by atoms with van der Waals surface area (Å²) < 4.78 is 1.80. The van der Waals surface area contributed by atoms with Crippen LogP contribution in [-0.4, -0.2) is 51.0 Å². The molecule has 110 valence electrons. The molecule has 7 heteroatoms. The summed E-state index contributed by atoms with van der Waals surface area (Å²) in [5, 5.41) is 22.0. The van der Waals surface area contributed by atoms with Crippen LogP contribution in [-0.2, 0) is 6.54 Å². The maximum atomic E-state index is 9.43. The predicted octanol–water partition coefficient (Wildman–Crippen LogP) is 1.80. The van der Waals surface area contributed by atoms with Gasteiger partial charge in [-0.25, -0.2) is 4.68 Å². The number of nitrogens with zero attached hydrogens (tertiary/aromatic N) is 6. The number of hydrogen-bond donors (Lipinski definition) is 0. The Morgan fingerprint density at radius 1 is 1.40 bits per heavy atom. The molecule has 0 radical (unpaired) electrons. The molecule has 0 aromatic carbocycles. The van der Waals surface area contributed by atoms with E-state index >= 15 is 0 Å². The lowest BCUT2D eigenvalue weighted by Gasteiger charge is -2.24. The normalized spacial score (nSPS) is 18.1. The second-order valence-corrected chi connectivity index (χ2v) is 6.66. The number of likely N-dealkylation sites (N-methyl/N-ethyl adjacent to an activating group) is 1. The number of thioether (sulfide) groups is 1. The van der Waals surface area contributed by atoms with E-state index in [0.717, 1.165) is 31.1 Å². The molecular weight excluding hydrogens is 272 g/mol. The van der Waals surface area contributed by atoms with Crippen molar-refractivity contribution >= 4 is 11.8 Å². The molecule has 0 saturated heterocycles. The number of rotatable bonds is 6. The second-order valence-electron chi connectivity index (χ2n) is 5.55. The zero-order valence-electron chi connectivity index (χ0n) is 12.2. The van der Waals surface area contributed by atoms with Crippen molar-refractivity contribution in [3.63, 3.8) is 0 Å². The highest BCUT2D eigenvalue weighted by Gasteiger charge is 2.26. The van der Waals surface area contributed by atoms with Crippen molar-refractivity contribution in [3.05, 3.63) is 0 Å². The van der Waals surface area contributed by atoms with E-state index in [-0.39, 0.29) is 5.25 Å². The van der Waals surface area contributed by atoms with E-state index in [1.807, 2.05) is 14.1 Å². The Hall–Kier alpha value is -1.13. The Morgan fingerprint density at radius 2 is 2.15 bits per heavy atom. The van der Waals surface area contributed by atoms with Gasteiger partial charge >= 0.3 is 0 Å². The first kappa shape index (κ1) is 15.3. The average molecular weight is 294 g/mol. The van der Waals surface area contributed by atoms with Gasteiger partial charge in [0.15, 0.2) is 0 Å². The number of nitriles is 1. The first-order valence-electron chi connectivity index (χ1n) is 7.18. The Labute approximate surface area is 124 Å². The Bertz CT molecular complexity index is 446. The van der Waals surface area contributed by atoms with Gasteiger partial charge in [-0.2, -0.15) is 5.26 Å². The van der Waals surface area contributed by atoms with Crippen LogP contribution < -0.4 is 0 Å². The second kappa shape index (κ2) is 7.60. The molecule has 1 fully saturated rings. The first-order chi connectivity index (χ1) is 9.70. The molecule has 0 amide bonds. The monoisotopic (exact) mass is 294 g/mol. The summed E-state index contributed by atoms with van der Waals surface area (Å²) in [5.41, 5.74) is 0. The van der Waals surface area contributed by atoms with Crippen molar-refractivity contribution in [1.82, 2.24) is 25.1 Å². The van der Waals surface area contributed by atoms with Gasteiger partial charge in [0.25, 0.3) is 0 Å². The van der Waals surface area contributed by atoms with Gasteiger partial charge in [-0.1, -0.05) is 31.0 Å². The minimum Gasteiger partial charge on any atom is -0.308 e. The average Bonchev–Trinajstić information content (AvgIpc) is 2.90. The quantitative estimate of drug-likeness (QED) is 0.745. The summed E-state index contributed by atoms with van der Waals surface area (Å²) in [4.78, 5) is 2.10. The molecule has 1 aliphatic rings. The molecule has 1 saturated carbocycles. The largest absolute Gasteiger partial charge is 0.308 e. The van der Waals surface area contributed by atoms with E-state index in [9.17, 15) is 5.26 Å². The maximum absolute atomic E-state index is 9.43. The lowest BCUT2D eigenvalue weighted by atomic mass is 9.87. The summed E-state index contributed by atoms with van der Waals surface area (Å²) in [6.45, 7) is 1.64. The summed E-state index contributed by atoms with van der Waals surface area (Å²) in [6.07, 6.45) is 6.11. The minimum atomic E-state index is -0.0283. The van der Waals surface area contributed by atoms with E-state index in [4.69, 9.17) is 0 Å². The molecular formula is C13H22N6S. The van der Waals surface area contributed by atoms with Crippen LogP contribution in [0.2, 0.25) is 0 Å². The maximum Gasteiger partial charge on any atom is 0.210 e. The third-order valence-corrected chi connectivity index (χ3v) is 4.94. The third kappa shape index (κ3) is 4.18. The van der Waals surface area contributed by atoms with Gasteiger partial charge in [0.2, 0.25) is 5.16 Å². The fourth-order valence-corrected chi connectivity index (χ4v) is 3.57. The van der Waals surface area contributed by atoms with Crippen LogP contribution in [0.4, 0.5) is 0 Å². The van der Waals surface area contributed by atoms with E-state index in [2.05, 4.69) is 26.5 Å². The van der Waals surface area contributed by atoms with E-state index in [0.29, 0.717) is 5.92 Å². The fourth-order valence-electron chi connectivity index (χ4n) is 2.49. The molecule has 1 heterocycles. The van der Waals surface area contributed by atoms with Crippen molar-refractivity contribution < 1.29 is 0 Å². The molecule has 20 heavy (non-hydrogen) atoms. The molecule has 1 atom stereocenters. The van der Waals surface area contributed by atoms with E-state index in [1.54, 1.807) is 4.68 Å². The van der Waals surface area contributed by atoms with Gasteiger partial charge in [-0.3, -0.25) is 0 Å². The lowest BCUT2D eigenvalue weighted by Crippen LogP contribution is -2.21. The van der Waals surface area contributed by atoms with E-state index in [1.165, 1.54) is 31.0 Å². The highest BCUT2D eigenvalue weighted by molar-refractivity contribution is 8.00.